The maximum absolute atomic E-state index is 11.1. The maximum atomic E-state index is 11.1. The van der Waals surface area contributed by atoms with Crippen LogP contribution in [-0.4, -0.2) is 15.0 Å². The Bertz CT molecular complexity index is 428. The Balaban J connectivity index is 3.30. The molecule has 0 amide bonds. The fourth-order valence-electron chi connectivity index (χ4n) is 0.947. The molecule has 0 aliphatic heterocycles. The van der Waals surface area contributed by atoms with Crippen molar-refractivity contribution in [1.29, 1.82) is 0 Å². The average molecular weight is 255 g/mol. The molecule has 0 aliphatic carbocycles. The van der Waals surface area contributed by atoms with E-state index in [-0.39, 0.29) is 10.6 Å². The van der Waals surface area contributed by atoms with Crippen LogP contribution in [0.15, 0.2) is 23.1 Å². The third-order valence-electron chi connectivity index (χ3n) is 1.47. The maximum Gasteiger partial charge on any atom is 0.265 e. The first-order valence-electron chi connectivity index (χ1n) is 3.82. The summed E-state index contributed by atoms with van der Waals surface area (Å²) in [5.41, 5.74) is 0. The summed E-state index contributed by atoms with van der Waals surface area (Å²) in [7, 11) is 1.39. The van der Waals surface area contributed by atoms with Gasteiger partial charge in [0.2, 0.25) is 0 Å². The number of ether oxygens (including phenoxy) is 1. The zero-order chi connectivity index (χ0) is 10.8. The van der Waals surface area contributed by atoms with Gasteiger partial charge in [-0.1, -0.05) is 11.6 Å². The second-order valence-electron chi connectivity index (χ2n) is 2.46. The Hall–Kier alpha value is -0.450. The third kappa shape index (κ3) is 2.77. The molecule has 1 aromatic carbocycles. The lowest BCUT2D eigenvalue weighted by Gasteiger charge is -2.07. The van der Waals surface area contributed by atoms with E-state index in [0.29, 0.717) is 11.6 Å². The van der Waals surface area contributed by atoms with Gasteiger partial charge < -0.3 is 4.74 Å². The summed E-state index contributed by atoms with van der Waals surface area (Å²) in [5, 5.41) is 0.299. The molecule has 3 nitrogen and oxygen atoms in total. The van der Waals surface area contributed by atoms with Gasteiger partial charge in [0, 0.05) is 15.7 Å². The van der Waals surface area contributed by atoms with Gasteiger partial charge in [-0.3, -0.25) is 0 Å². The Labute approximate surface area is 92.0 Å². The quantitative estimate of drug-likeness (QED) is 0.780. The van der Waals surface area contributed by atoms with E-state index in [1.807, 2.05) is 0 Å². The molecule has 0 radical (unpaired) electrons. The van der Waals surface area contributed by atoms with Crippen molar-refractivity contribution in [3.63, 3.8) is 0 Å². The van der Waals surface area contributed by atoms with E-state index < -0.39 is 9.05 Å². The Morgan fingerprint density at radius 1 is 1.43 bits per heavy atom. The fourth-order valence-corrected chi connectivity index (χ4v) is 2.18. The highest BCUT2D eigenvalue weighted by Gasteiger charge is 2.17. The first-order chi connectivity index (χ1) is 6.45. The normalized spacial score (nSPS) is 11.4. The van der Waals surface area contributed by atoms with E-state index in [1.54, 1.807) is 6.92 Å². The first kappa shape index (κ1) is 11.6. The van der Waals surface area contributed by atoms with E-state index in [4.69, 9.17) is 27.0 Å². The number of rotatable bonds is 3. The lowest BCUT2D eigenvalue weighted by atomic mass is 10.3. The van der Waals surface area contributed by atoms with Crippen LogP contribution in [0.2, 0.25) is 5.02 Å². The summed E-state index contributed by atoms with van der Waals surface area (Å²) in [6.45, 7) is 2.11. The van der Waals surface area contributed by atoms with Crippen LogP contribution < -0.4 is 4.74 Å². The highest BCUT2D eigenvalue weighted by atomic mass is 35.7. The van der Waals surface area contributed by atoms with E-state index in [9.17, 15) is 8.42 Å². The van der Waals surface area contributed by atoms with Gasteiger partial charge in [-0.05, 0) is 25.1 Å². The van der Waals surface area contributed by atoms with Gasteiger partial charge in [0.05, 0.1) is 6.61 Å². The molecule has 0 bridgehead atoms. The van der Waals surface area contributed by atoms with Crippen molar-refractivity contribution < 1.29 is 13.2 Å². The predicted octanol–water partition coefficient (Wildman–Crippen LogP) is 2.67. The van der Waals surface area contributed by atoms with Gasteiger partial charge in [-0.2, -0.15) is 0 Å². The fraction of sp³-hybridized carbons (Fsp3) is 0.250. The van der Waals surface area contributed by atoms with E-state index in [0.717, 1.165) is 0 Å². The summed E-state index contributed by atoms with van der Waals surface area (Å²) in [6.07, 6.45) is 0. The second-order valence-corrected chi connectivity index (χ2v) is 5.43. The van der Waals surface area contributed by atoms with Crippen molar-refractivity contribution >= 4 is 31.3 Å². The van der Waals surface area contributed by atoms with Gasteiger partial charge in [-0.15, -0.1) is 0 Å². The molecule has 0 atom stereocenters. The van der Waals surface area contributed by atoms with Gasteiger partial charge in [0.1, 0.15) is 10.6 Å². The number of benzene rings is 1. The standard InChI is InChI=1S/C8H8Cl2O3S/c1-2-13-7-4-3-6(9)5-8(7)14(10,11)12/h3-5H,2H2,1H3. The number of halogens is 2. The lowest BCUT2D eigenvalue weighted by Crippen LogP contribution is -1.99. The molecule has 0 unspecified atom stereocenters. The molecule has 1 rings (SSSR count). The minimum Gasteiger partial charge on any atom is -0.492 e. The summed E-state index contributed by atoms with van der Waals surface area (Å²) >= 11 is 5.64. The average Bonchev–Trinajstić information content (AvgIpc) is 2.07. The Kier molecular flexibility index (Phi) is 3.64. The summed E-state index contributed by atoms with van der Waals surface area (Å²) in [5.74, 6) is 0.215. The second kappa shape index (κ2) is 4.38. The molecular weight excluding hydrogens is 247 g/mol. The molecule has 14 heavy (non-hydrogen) atoms. The molecule has 0 aromatic heterocycles. The van der Waals surface area contributed by atoms with E-state index in [1.165, 1.54) is 18.2 Å². The monoisotopic (exact) mass is 254 g/mol. The van der Waals surface area contributed by atoms with E-state index >= 15 is 0 Å². The van der Waals surface area contributed by atoms with Crippen molar-refractivity contribution in [2.45, 2.75) is 11.8 Å². The summed E-state index contributed by atoms with van der Waals surface area (Å²) < 4.78 is 27.3. The highest BCUT2D eigenvalue weighted by Crippen LogP contribution is 2.29. The molecule has 78 valence electrons. The molecule has 6 heteroatoms. The zero-order valence-corrected chi connectivity index (χ0v) is 9.66. The van der Waals surface area contributed by atoms with Gasteiger partial charge in [0.15, 0.2) is 0 Å². The van der Waals surface area contributed by atoms with Gasteiger partial charge >= 0.3 is 0 Å². The van der Waals surface area contributed by atoms with Crippen LogP contribution in [0.1, 0.15) is 6.92 Å². The Morgan fingerprint density at radius 3 is 2.57 bits per heavy atom. The number of hydrogen-bond donors (Lipinski definition) is 0. The molecule has 0 saturated heterocycles. The van der Waals surface area contributed by atoms with Crippen LogP contribution in [0, 0.1) is 0 Å². The molecule has 0 aliphatic rings. The van der Waals surface area contributed by atoms with Gasteiger partial charge in [-0.25, -0.2) is 8.42 Å². The minimum atomic E-state index is -3.82. The van der Waals surface area contributed by atoms with Crippen molar-refractivity contribution in [1.82, 2.24) is 0 Å². The smallest absolute Gasteiger partial charge is 0.265 e. The zero-order valence-electron chi connectivity index (χ0n) is 7.33. The Morgan fingerprint density at radius 2 is 2.07 bits per heavy atom. The van der Waals surface area contributed by atoms with Crippen LogP contribution in [0.3, 0.4) is 0 Å². The van der Waals surface area contributed by atoms with Gasteiger partial charge in [0.25, 0.3) is 9.05 Å². The van der Waals surface area contributed by atoms with Crippen LogP contribution >= 0.6 is 22.3 Å². The topological polar surface area (TPSA) is 43.4 Å². The van der Waals surface area contributed by atoms with Crippen molar-refractivity contribution in [2.24, 2.45) is 0 Å². The number of hydrogen-bond acceptors (Lipinski definition) is 3. The van der Waals surface area contributed by atoms with Crippen molar-refractivity contribution in [2.75, 3.05) is 6.61 Å². The predicted molar refractivity (Wildman–Crippen MR) is 55.7 cm³/mol. The molecule has 0 N–H and O–H groups in total. The third-order valence-corrected chi connectivity index (χ3v) is 3.05. The molecule has 0 spiro atoms. The van der Waals surface area contributed by atoms with E-state index in [2.05, 4.69) is 0 Å². The largest absolute Gasteiger partial charge is 0.492 e. The highest BCUT2D eigenvalue weighted by molar-refractivity contribution is 8.13. The van der Waals surface area contributed by atoms with Crippen LogP contribution in [0.25, 0.3) is 0 Å². The first-order valence-corrected chi connectivity index (χ1v) is 6.51. The van der Waals surface area contributed by atoms with Crippen LogP contribution in [0.5, 0.6) is 5.75 Å². The SMILES string of the molecule is CCOc1ccc(Cl)cc1S(=O)(=O)Cl. The minimum absolute atomic E-state index is 0.103. The van der Waals surface area contributed by atoms with Crippen molar-refractivity contribution in [3.05, 3.63) is 23.2 Å². The summed E-state index contributed by atoms with van der Waals surface area (Å²) in [4.78, 5) is -0.103. The van der Waals surface area contributed by atoms with Crippen LogP contribution in [0.4, 0.5) is 0 Å². The lowest BCUT2D eigenvalue weighted by molar-refractivity contribution is 0.331. The summed E-state index contributed by atoms with van der Waals surface area (Å²) in [6, 6.07) is 4.27. The van der Waals surface area contributed by atoms with Crippen molar-refractivity contribution in [3.8, 4) is 5.75 Å². The molecule has 0 heterocycles. The molecular formula is C8H8Cl2O3S. The molecule has 0 saturated carbocycles. The molecule has 1 aromatic rings. The van der Waals surface area contributed by atoms with Crippen LogP contribution in [-0.2, 0) is 9.05 Å². The molecule has 0 fully saturated rings.